The van der Waals surface area contributed by atoms with Crippen molar-refractivity contribution in [3.63, 3.8) is 0 Å². The van der Waals surface area contributed by atoms with Crippen LogP contribution in [0.15, 0.2) is 47.3 Å². The summed E-state index contributed by atoms with van der Waals surface area (Å²) >= 11 is 0. The standard InChI is InChI=1S/C30H34N4O4/c1-19-8-11-22(15-20(19)2)27-24(16-31)28(33-18-21-9-12-23(36-4)13-10-21)30(35)34(3)29(27)25(17-32)38-26-7-5-6-14-37-26/h8-13,15-16,25-26,31,33H,5-7,14,18H2,1-4H3. The molecule has 2 heterocycles. The van der Waals surface area contributed by atoms with Gasteiger partial charge in [0.15, 0.2) is 12.4 Å². The first-order valence-electron chi connectivity index (χ1n) is 12.8. The molecule has 0 saturated carbocycles. The molecule has 8 nitrogen and oxygen atoms in total. The lowest BCUT2D eigenvalue weighted by atomic mass is 9.92. The molecule has 1 aliphatic rings. The van der Waals surface area contributed by atoms with E-state index in [9.17, 15) is 10.1 Å². The van der Waals surface area contributed by atoms with Crippen LogP contribution in [0.25, 0.3) is 11.1 Å². The van der Waals surface area contributed by atoms with Crippen molar-refractivity contribution in [2.75, 3.05) is 19.0 Å². The van der Waals surface area contributed by atoms with Gasteiger partial charge in [0.25, 0.3) is 5.56 Å². The monoisotopic (exact) mass is 514 g/mol. The van der Waals surface area contributed by atoms with E-state index in [2.05, 4.69) is 11.4 Å². The number of pyridine rings is 1. The number of hydrogen-bond acceptors (Lipinski definition) is 7. The number of methoxy groups -OCH3 is 1. The number of ether oxygens (including phenoxy) is 3. The van der Waals surface area contributed by atoms with Gasteiger partial charge in [-0.05, 0) is 67.5 Å². The molecule has 1 aromatic heterocycles. The molecule has 8 heteroatoms. The lowest BCUT2D eigenvalue weighted by Crippen LogP contribution is -2.31. The first-order valence-corrected chi connectivity index (χ1v) is 12.8. The highest BCUT2D eigenvalue weighted by Crippen LogP contribution is 2.36. The van der Waals surface area contributed by atoms with Crippen molar-refractivity contribution in [3.05, 3.63) is 80.8 Å². The van der Waals surface area contributed by atoms with Crippen molar-refractivity contribution in [1.82, 2.24) is 4.57 Å². The molecule has 3 aromatic rings. The smallest absolute Gasteiger partial charge is 0.274 e. The summed E-state index contributed by atoms with van der Waals surface area (Å²) in [5.41, 5.74) is 5.33. The van der Waals surface area contributed by atoms with Gasteiger partial charge < -0.3 is 29.5 Å². The normalized spacial score (nSPS) is 15.9. The Labute approximate surface area is 223 Å². The summed E-state index contributed by atoms with van der Waals surface area (Å²) in [7, 11) is 3.26. The van der Waals surface area contributed by atoms with Gasteiger partial charge in [0.05, 0.1) is 12.8 Å². The van der Waals surface area contributed by atoms with E-state index in [1.54, 1.807) is 14.2 Å². The maximum absolute atomic E-state index is 13.7. The SMILES string of the molecule is COc1ccc(CNc2c(C=N)c(-c3ccc(C)c(C)c3)c(C(C#N)OC3CCCCO3)n(C)c2=O)cc1. The van der Waals surface area contributed by atoms with E-state index < -0.39 is 12.4 Å². The fraction of sp³-hybridized carbons (Fsp3) is 0.367. The summed E-state index contributed by atoms with van der Waals surface area (Å²) in [5, 5.41) is 21.8. The number of aryl methyl sites for hydroxylation is 2. The highest BCUT2D eigenvalue weighted by atomic mass is 16.7. The molecule has 0 spiro atoms. The molecule has 2 N–H and O–H groups in total. The van der Waals surface area contributed by atoms with E-state index in [1.807, 2.05) is 56.3 Å². The fourth-order valence-electron chi connectivity index (χ4n) is 4.71. The van der Waals surface area contributed by atoms with Gasteiger partial charge in [-0.15, -0.1) is 0 Å². The zero-order chi connectivity index (χ0) is 27.2. The van der Waals surface area contributed by atoms with Crippen LogP contribution in [0.2, 0.25) is 0 Å². The van der Waals surface area contributed by atoms with Crippen molar-refractivity contribution >= 4 is 11.9 Å². The van der Waals surface area contributed by atoms with Crippen molar-refractivity contribution in [2.45, 2.75) is 52.0 Å². The summed E-state index contributed by atoms with van der Waals surface area (Å²) in [6.07, 6.45) is 2.19. The highest BCUT2D eigenvalue weighted by molar-refractivity contribution is 5.96. The lowest BCUT2D eigenvalue weighted by molar-refractivity contribution is -0.179. The Hall–Kier alpha value is -3.93. The van der Waals surface area contributed by atoms with Crippen LogP contribution in [0.1, 0.15) is 53.3 Å². The largest absolute Gasteiger partial charge is 0.497 e. The summed E-state index contributed by atoms with van der Waals surface area (Å²) in [6.45, 7) is 4.99. The van der Waals surface area contributed by atoms with Crippen molar-refractivity contribution in [3.8, 4) is 22.9 Å². The van der Waals surface area contributed by atoms with Crippen molar-refractivity contribution in [2.24, 2.45) is 7.05 Å². The lowest BCUT2D eigenvalue weighted by Gasteiger charge is -2.28. The zero-order valence-electron chi connectivity index (χ0n) is 22.3. The second-order valence-corrected chi connectivity index (χ2v) is 9.50. The number of nitriles is 1. The van der Waals surface area contributed by atoms with Gasteiger partial charge in [0.2, 0.25) is 0 Å². The quantitative estimate of drug-likeness (QED) is 0.370. The van der Waals surface area contributed by atoms with Crippen molar-refractivity contribution < 1.29 is 14.2 Å². The molecular formula is C30H34N4O4. The average Bonchev–Trinajstić information content (AvgIpc) is 2.94. The van der Waals surface area contributed by atoms with Gasteiger partial charge in [0.1, 0.15) is 17.5 Å². The number of rotatable bonds is 9. The van der Waals surface area contributed by atoms with E-state index >= 15 is 0 Å². The molecular weight excluding hydrogens is 480 g/mol. The number of anilines is 1. The minimum absolute atomic E-state index is 0.293. The van der Waals surface area contributed by atoms with E-state index in [-0.39, 0.29) is 5.56 Å². The number of nitrogens with one attached hydrogen (secondary N) is 2. The number of hydrogen-bond donors (Lipinski definition) is 2. The van der Waals surface area contributed by atoms with Gasteiger partial charge in [-0.1, -0.05) is 30.3 Å². The van der Waals surface area contributed by atoms with Gasteiger partial charge in [-0.3, -0.25) is 4.79 Å². The van der Waals surface area contributed by atoms with Gasteiger partial charge in [-0.25, -0.2) is 0 Å². The predicted molar refractivity (Wildman–Crippen MR) is 148 cm³/mol. The third-order valence-corrected chi connectivity index (χ3v) is 7.03. The minimum Gasteiger partial charge on any atom is -0.497 e. The number of benzene rings is 2. The Kier molecular flexibility index (Phi) is 8.62. The zero-order valence-corrected chi connectivity index (χ0v) is 22.3. The van der Waals surface area contributed by atoms with Crippen LogP contribution in [-0.2, 0) is 23.1 Å². The maximum Gasteiger partial charge on any atom is 0.274 e. The predicted octanol–water partition coefficient (Wildman–Crippen LogP) is 5.40. The Morgan fingerprint density at radius 3 is 2.58 bits per heavy atom. The molecule has 0 amide bonds. The molecule has 4 rings (SSSR count). The third-order valence-electron chi connectivity index (χ3n) is 7.03. The van der Waals surface area contributed by atoms with E-state index in [1.165, 1.54) is 10.8 Å². The Morgan fingerprint density at radius 1 is 1.21 bits per heavy atom. The Bertz CT molecular complexity index is 1400. The summed E-state index contributed by atoms with van der Waals surface area (Å²) < 4.78 is 18.6. The third kappa shape index (κ3) is 5.64. The van der Waals surface area contributed by atoms with Crippen LogP contribution in [0.5, 0.6) is 5.75 Å². The first kappa shape index (κ1) is 27.1. The second-order valence-electron chi connectivity index (χ2n) is 9.50. The molecule has 1 saturated heterocycles. The second kappa shape index (κ2) is 12.1. The summed E-state index contributed by atoms with van der Waals surface area (Å²) in [6, 6.07) is 15.8. The molecule has 1 aliphatic heterocycles. The molecule has 2 unspecified atom stereocenters. The summed E-state index contributed by atoms with van der Waals surface area (Å²) in [5.74, 6) is 0.746. The Morgan fingerprint density at radius 2 is 1.97 bits per heavy atom. The molecule has 0 aliphatic carbocycles. The van der Waals surface area contributed by atoms with E-state index in [0.717, 1.165) is 40.8 Å². The van der Waals surface area contributed by atoms with Crippen LogP contribution in [-0.4, -0.2) is 30.8 Å². The van der Waals surface area contributed by atoms with Crippen LogP contribution >= 0.6 is 0 Å². The molecule has 1 fully saturated rings. The van der Waals surface area contributed by atoms with Gasteiger partial charge in [-0.2, -0.15) is 5.26 Å². The molecule has 38 heavy (non-hydrogen) atoms. The van der Waals surface area contributed by atoms with Crippen LogP contribution in [0.4, 0.5) is 5.69 Å². The van der Waals surface area contributed by atoms with Crippen LogP contribution in [0.3, 0.4) is 0 Å². The molecule has 2 atom stereocenters. The molecule has 198 valence electrons. The summed E-state index contributed by atoms with van der Waals surface area (Å²) in [4.78, 5) is 13.7. The minimum atomic E-state index is -1.05. The van der Waals surface area contributed by atoms with Crippen LogP contribution < -0.4 is 15.6 Å². The van der Waals surface area contributed by atoms with Crippen LogP contribution in [0, 0.1) is 30.6 Å². The first-order chi connectivity index (χ1) is 18.4. The Balaban J connectivity index is 1.85. The highest BCUT2D eigenvalue weighted by Gasteiger charge is 2.29. The van der Waals surface area contributed by atoms with E-state index in [4.69, 9.17) is 19.6 Å². The molecule has 0 bridgehead atoms. The van der Waals surface area contributed by atoms with Crippen molar-refractivity contribution in [1.29, 1.82) is 10.7 Å². The topological polar surface area (TPSA) is 109 Å². The number of aromatic nitrogens is 1. The molecule has 2 aromatic carbocycles. The maximum atomic E-state index is 13.7. The molecule has 0 radical (unpaired) electrons. The fourth-order valence-corrected chi connectivity index (χ4v) is 4.71. The van der Waals surface area contributed by atoms with E-state index in [0.29, 0.717) is 42.1 Å². The average molecular weight is 515 g/mol. The van der Waals surface area contributed by atoms with Gasteiger partial charge in [0, 0.05) is 37.5 Å². The number of nitrogens with zero attached hydrogens (tertiary/aromatic N) is 2. The van der Waals surface area contributed by atoms with Gasteiger partial charge >= 0.3 is 0 Å².